The lowest BCUT2D eigenvalue weighted by molar-refractivity contribution is 0.401. The van der Waals surface area contributed by atoms with Crippen molar-refractivity contribution in [3.05, 3.63) is 42.0 Å². The molecule has 1 aliphatic carbocycles. The molecule has 1 heterocycles. The third-order valence-corrected chi connectivity index (χ3v) is 4.44. The predicted molar refractivity (Wildman–Crippen MR) is 76.0 cm³/mol. The third-order valence-electron chi connectivity index (χ3n) is 4.44. The van der Waals surface area contributed by atoms with Crippen LogP contribution in [0.4, 0.5) is 0 Å². The molecule has 0 radical (unpaired) electrons. The van der Waals surface area contributed by atoms with Gasteiger partial charge >= 0.3 is 0 Å². The van der Waals surface area contributed by atoms with E-state index in [9.17, 15) is 0 Å². The summed E-state index contributed by atoms with van der Waals surface area (Å²) in [4.78, 5) is 4.12. The Hall–Kier alpha value is -1.77. The summed E-state index contributed by atoms with van der Waals surface area (Å²) in [5.74, 6) is 2.28. The Morgan fingerprint density at radius 2 is 2.16 bits per heavy atom. The summed E-state index contributed by atoms with van der Waals surface area (Å²) in [6, 6.07) is 4.48. The Morgan fingerprint density at radius 3 is 2.84 bits per heavy atom. The number of hydrogen-bond acceptors (Lipinski definition) is 2. The van der Waals surface area contributed by atoms with Crippen LogP contribution in [0.2, 0.25) is 0 Å². The standard InChI is InChI=1S/C16H20N2O/c1-11-4-5-13-8-15(18-7-6-17-10-18)16(19-3)9-14(13)12(11)2/h6-12H,4-5H2,1-3H3. The Morgan fingerprint density at radius 1 is 1.32 bits per heavy atom. The van der Waals surface area contributed by atoms with E-state index in [4.69, 9.17) is 4.74 Å². The maximum absolute atomic E-state index is 5.57. The summed E-state index contributed by atoms with van der Waals surface area (Å²) in [7, 11) is 1.74. The maximum Gasteiger partial charge on any atom is 0.143 e. The van der Waals surface area contributed by atoms with Crippen molar-refractivity contribution in [3.8, 4) is 11.4 Å². The average Bonchev–Trinajstić information content (AvgIpc) is 2.96. The minimum Gasteiger partial charge on any atom is -0.495 e. The zero-order valence-electron chi connectivity index (χ0n) is 11.8. The number of nitrogens with zero attached hydrogens (tertiary/aromatic N) is 2. The lowest BCUT2D eigenvalue weighted by atomic mass is 9.77. The molecule has 0 N–H and O–H groups in total. The van der Waals surface area contributed by atoms with Gasteiger partial charge in [0.1, 0.15) is 5.75 Å². The molecule has 0 bridgehead atoms. The molecule has 2 aromatic rings. The quantitative estimate of drug-likeness (QED) is 0.821. The van der Waals surface area contributed by atoms with Gasteiger partial charge in [0.15, 0.2) is 0 Å². The Labute approximate surface area is 114 Å². The van der Waals surface area contributed by atoms with E-state index in [2.05, 4.69) is 31.0 Å². The molecule has 2 unspecified atom stereocenters. The van der Waals surface area contributed by atoms with E-state index >= 15 is 0 Å². The summed E-state index contributed by atoms with van der Waals surface area (Å²) < 4.78 is 7.59. The van der Waals surface area contributed by atoms with Gasteiger partial charge in [-0.3, -0.25) is 0 Å². The minimum atomic E-state index is 0.606. The molecule has 1 aromatic heterocycles. The Kier molecular flexibility index (Phi) is 3.05. The highest BCUT2D eigenvalue weighted by Gasteiger charge is 2.24. The average molecular weight is 256 g/mol. The van der Waals surface area contributed by atoms with Crippen molar-refractivity contribution in [3.63, 3.8) is 0 Å². The number of aromatic nitrogens is 2. The van der Waals surface area contributed by atoms with E-state index < -0.39 is 0 Å². The molecule has 3 rings (SSSR count). The first-order valence-corrected chi connectivity index (χ1v) is 6.90. The summed E-state index contributed by atoms with van der Waals surface area (Å²) in [5, 5.41) is 0. The van der Waals surface area contributed by atoms with E-state index in [-0.39, 0.29) is 0 Å². The molecule has 1 aromatic carbocycles. The molecule has 0 saturated carbocycles. The van der Waals surface area contributed by atoms with Crippen LogP contribution in [0.5, 0.6) is 5.75 Å². The van der Waals surface area contributed by atoms with Gasteiger partial charge in [-0.1, -0.05) is 13.8 Å². The molecule has 3 nitrogen and oxygen atoms in total. The van der Waals surface area contributed by atoms with Crippen molar-refractivity contribution in [1.82, 2.24) is 9.55 Å². The van der Waals surface area contributed by atoms with Gasteiger partial charge in [0.05, 0.1) is 19.1 Å². The fourth-order valence-electron chi connectivity index (χ4n) is 2.97. The highest BCUT2D eigenvalue weighted by Crippen LogP contribution is 2.39. The van der Waals surface area contributed by atoms with E-state index in [1.54, 1.807) is 13.3 Å². The van der Waals surface area contributed by atoms with Crippen LogP contribution in [0.15, 0.2) is 30.9 Å². The molecule has 0 spiro atoms. The van der Waals surface area contributed by atoms with Gasteiger partial charge in [0, 0.05) is 12.4 Å². The number of imidazole rings is 1. The fourth-order valence-corrected chi connectivity index (χ4v) is 2.97. The van der Waals surface area contributed by atoms with Gasteiger partial charge in [0.25, 0.3) is 0 Å². The number of aryl methyl sites for hydroxylation is 1. The molecular formula is C16H20N2O. The van der Waals surface area contributed by atoms with Gasteiger partial charge in [-0.15, -0.1) is 0 Å². The van der Waals surface area contributed by atoms with Gasteiger partial charge in [0.2, 0.25) is 0 Å². The molecule has 1 aliphatic rings. The number of fused-ring (bicyclic) bond motifs is 1. The molecule has 0 saturated heterocycles. The van der Waals surface area contributed by atoms with Crippen molar-refractivity contribution < 1.29 is 4.74 Å². The second-order valence-electron chi connectivity index (χ2n) is 5.50. The predicted octanol–water partition coefficient (Wildman–Crippen LogP) is 3.57. The van der Waals surface area contributed by atoms with Gasteiger partial charge < -0.3 is 9.30 Å². The van der Waals surface area contributed by atoms with Crippen LogP contribution in [-0.2, 0) is 6.42 Å². The van der Waals surface area contributed by atoms with Gasteiger partial charge in [-0.2, -0.15) is 0 Å². The fraction of sp³-hybridized carbons (Fsp3) is 0.438. The minimum absolute atomic E-state index is 0.606. The molecule has 0 amide bonds. The molecule has 2 atom stereocenters. The topological polar surface area (TPSA) is 27.1 Å². The highest BCUT2D eigenvalue weighted by atomic mass is 16.5. The highest BCUT2D eigenvalue weighted by molar-refractivity contribution is 5.54. The van der Waals surface area contributed by atoms with Crippen molar-refractivity contribution in [2.24, 2.45) is 5.92 Å². The first kappa shape index (κ1) is 12.3. The molecule has 19 heavy (non-hydrogen) atoms. The van der Waals surface area contributed by atoms with Crippen LogP contribution >= 0.6 is 0 Å². The summed E-state index contributed by atoms with van der Waals surface area (Å²) in [6.07, 6.45) is 8.00. The molecule has 0 aliphatic heterocycles. The molecular weight excluding hydrogens is 236 g/mol. The number of hydrogen-bond donors (Lipinski definition) is 0. The maximum atomic E-state index is 5.57. The van der Waals surface area contributed by atoms with Crippen LogP contribution in [0.3, 0.4) is 0 Å². The molecule has 3 heteroatoms. The van der Waals surface area contributed by atoms with Crippen LogP contribution in [-0.4, -0.2) is 16.7 Å². The number of methoxy groups -OCH3 is 1. The molecule has 0 fully saturated rings. The van der Waals surface area contributed by atoms with Gasteiger partial charge in [-0.05, 0) is 47.9 Å². The zero-order valence-corrected chi connectivity index (χ0v) is 11.8. The van der Waals surface area contributed by atoms with Crippen LogP contribution in [0, 0.1) is 5.92 Å². The van der Waals surface area contributed by atoms with Gasteiger partial charge in [-0.25, -0.2) is 4.98 Å². The largest absolute Gasteiger partial charge is 0.495 e. The lowest BCUT2D eigenvalue weighted by Gasteiger charge is -2.29. The molecule has 100 valence electrons. The SMILES string of the molecule is COc1cc2c(cc1-n1ccnc1)CCC(C)C2C. The summed E-state index contributed by atoms with van der Waals surface area (Å²) in [5.41, 5.74) is 3.98. The van der Waals surface area contributed by atoms with Crippen molar-refractivity contribution >= 4 is 0 Å². The third kappa shape index (κ3) is 2.03. The lowest BCUT2D eigenvalue weighted by Crippen LogP contribution is -2.16. The van der Waals surface area contributed by atoms with E-state index in [1.165, 1.54) is 17.5 Å². The number of benzene rings is 1. The smallest absolute Gasteiger partial charge is 0.143 e. The van der Waals surface area contributed by atoms with Crippen LogP contribution in [0.1, 0.15) is 37.3 Å². The van der Waals surface area contributed by atoms with Crippen molar-refractivity contribution in [1.29, 1.82) is 0 Å². The van der Waals surface area contributed by atoms with E-state index in [1.807, 2.05) is 17.1 Å². The van der Waals surface area contributed by atoms with E-state index in [0.717, 1.165) is 23.8 Å². The normalized spacial score (nSPS) is 22.1. The van der Waals surface area contributed by atoms with E-state index in [0.29, 0.717) is 5.92 Å². The first-order chi connectivity index (χ1) is 9.20. The van der Waals surface area contributed by atoms with Crippen LogP contribution in [0.25, 0.3) is 5.69 Å². The summed E-state index contributed by atoms with van der Waals surface area (Å²) in [6.45, 7) is 4.66. The Balaban J connectivity index is 2.13. The van der Waals surface area contributed by atoms with Crippen molar-refractivity contribution in [2.75, 3.05) is 7.11 Å². The second-order valence-corrected chi connectivity index (χ2v) is 5.50. The number of ether oxygens (including phenoxy) is 1. The zero-order chi connectivity index (χ0) is 13.4. The first-order valence-electron chi connectivity index (χ1n) is 6.90. The summed E-state index contributed by atoms with van der Waals surface area (Å²) >= 11 is 0. The number of rotatable bonds is 2. The monoisotopic (exact) mass is 256 g/mol. The van der Waals surface area contributed by atoms with Crippen LogP contribution < -0.4 is 4.74 Å². The Bertz CT molecular complexity index is 575. The second kappa shape index (κ2) is 4.72. The van der Waals surface area contributed by atoms with Crippen molar-refractivity contribution in [2.45, 2.75) is 32.6 Å².